The first-order chi connectivity index (χ1) is 7.49. The maximum absolute atomic E-state index is 11.3. The molecule has 2 aromatic rings. The van der Waals surface area contributed by atoms with E-state index in [1.165, 1.54) is 6.07 Å². The van der Waals surface area contributed by atoms with Gasteiger partial charge >= 0.3 is 0 Å². The number of rotatable bonds is 0. The molecule has 0 aliphatic heterocycles. The normalized spacial score (nSPS) is 10.6. The Hall–Kier alpha value is -1.08. The second kappa shape index (κ2) is 4.06. The molecule has 0 aliphatic rings. The lowest BCUT2D eigenvalue weighted by Crippen LogP contribution is -2.22. The van der Waals surface area contributed by atoms with Crippen LogP contribution in [0.2, 0.25) is 5.02 Å². The summed E-state index contributed by atoms with van der Waals surface area (Å²) in [6.45, 7) is 0. The van der Waals surface area contributed by atoms with Crippen LogP contribution < -0.4 is 11.0 Å². The summed E-state index contributed by atoms with van der Waals surface area (Å²) in [5, 5.41) is 10.5. The largest absolute Gasteiger partial charge is 0.507 e. The lowest BCUT2D eigenvalue weighted by molar-refractivity contribution is 0.481. The summed E-state index contributed by atoms with van der Waals surface area (Å²) in [6.07, 6.45) is 0. The predicted molar refractivity (Wildman–Crippen MR) is 70.2 cm³/mol. The van der Waals surface area contributed by atoms with Crippen molar-refractivity contribution in [2.24, 2.45) is 0 Å². The number of aromatic hydroxyl groups is 1. The van der Waals surface area contributed by atoms with Gasteiger partial charge in [-0.05, 0) is 34.7 Å². The third kappa shape index (κ3) is 1.92. The maximum atomic E-state index is 11.3. The van der Waals surface area contributed by atoms with Gasteiger partial charge in [-0.25, -0.2) is 0 Å². The summed E-state index contributed by atoms with van der Waals surface area (Å²) in [7, 11) is 0. The van der Waals surface area contributed by atoms with Crippen LogP contribution in [0.5, 0.6) is 5.75 Å². The average Bonchev–Trinajstić information content (AvgIpc) is 2.24. The van der Waals surface area contributed by atoms with Crippen LogP contribution in [0.25, 0.3) is 10.9 Å². The van der Waals surface area contributed by atoms with Gasteiger partial charge in [-0.15, -0.1) is 0 Å². The molecule has 1 aromatic carbocycles. The summed E-state index contributed by atoms with van der Waals surface area (Å²) < 4.78 is 0.656. The molecule has 16 heavy (non-hydrogen) atoms. The molecule has 0 atom stereocenters. The number of aromatic nitrogens is 1. The number of halogens is 2. The number of benzene rings is 1. The Bertz CT molecular complexity index is 696. The highest BCUT2D eigenvalue weighted by molar-refractivity contribution is 14.1. The molecule has 82 valence electrons. The number of fused-ring (bicyclic) bond motifs is 1. The van der Waals surface area contributed by atoms with Crippen molar-refractivity contribution in [3.8, 4) is 5.75 Å². The Morgan fingerprint density at radius 1 is 1.25 bits per heavy atom. The van der Waals surface area contributed by atoms with Crippen LogP contribution in [-0.4, -0.2) is 10.1 Å². The number of H-pyrrole nitrogens is 1. The van der Waals surface area contributed by atoms with Crippen LogP contribution in [0, 0.1) is 3.57 Å². The fraction of sp³-hybridized carbons (Fsp3) is 0. The molecule has 4 nitrogen and oxygen atoms in total. The van der Waals surface area contributed by atoms with E-state index in [1.807, 2.05) is 22.6 Å². The van der Waals surface area contributed by atoms with Gasteiger partial charge in [0, 0.05) is 14.7 Å². The van der Waals surface area contributed by atoms with Crippen molar-refractivity contribution in [3.05, 3.63) is 47.4 Å². The van der Waals surface area contributed by atoms with Crippen molar-refractivity contribution in [3.63, 3.8) is 0 Å². The first kappa shape index (κ1) is 11.4. The molecule has 6 heteroatoms. The highest BCUT2D eigenvalue weighted by atomic mass is 127. The van der Waals surface area contributed by atoms with E-state index >= 15 is 0 Å². The van der Waals surface area contributed by atoms with E-state index in [0.717, 1.165) is 6.07 Å². The van der Waals surface area contributed by atoms with Crippen molar-refractivity contribution >= 4 is 45.1 Å². The molecular formula is C10H5ClINO3. The molecule has 0 spiro atoms. The van der Waals surface area contributed by atoms with Gasteiger partial charge in [0.1, 0.15) is 5.75 Å². The third-order valence-electron chi connectivity index (χ3n) is 2.05. The van der Waals surface area contributed by atoms with Crippen molar-refractivity contribution in [1.82, 2.24) is 4.98 Å². The quantitative estimate of drug-likeness (QED) is 0.563. The smallest absolute Gasteiger partial charge is 0.296 e. The predicted octanol–water partition coefficient (Wildman–Crippen LogP) is 1.85. The lowest BCUT2D eigenvalue weighted by Gasteiger charge is -1.99. The monoisotopic (exact) mass is 349 g/mol. The van der Waals surface area contributed by atoms with Gasteiger partial charge in [-0.2, -0.15) is 0 Å². The first-order valence-electron chi connectivity index (χ1n) is 4.24. The second-order valence-electron chi connectivity index (χ2n) is 3.16. The zero-order chi connectivity index (χ0) is 11.9. The molecule has 0 saturated heterocycles. The van der Waals surface area contributed by atoms with Crippen molar-refractivity contribution < 1.29 is 5.11 Å². The molecular weight excluding hydrogens is 344 g/mol. The number of hydrogen-bond acceptors (Lipinski definition) is 3. The van der Waals surface area contributed by atoms with Crippen LogP contribution >= 0.6 is 34.2 Å². The third-order valence-corrected chi connectivity index (χ3v) is 3.12. The van der Waals surface area contributed by atoms with E-state index in [2.05, 4.69) is 4.98 Å². The Balaban J connectivity index is 3.16. The number of aromatic amines is 1. The standard InChI is InChI=1S/C10H5ClINO3/c11-4-1-5(12)9-6(2-4)13-10(16)8(15)3-7(9)14/h1-3,14H,(H,13,15,16). The Morgan fingerprint density at radius 3 is 2.62 bits per heavy atom. The molecule has 0 fully saturated rings. The topological polar surface area (TPSA) is 70.2 Å². The van der Waals surface area contributed by atoms with Crippen LogP contribution in [0.4, 0.5) is 0 Å². The Morgan fingerprint density at radius 2 is 1.94 bits per heavy atom. The van der Waals surface area contributed by atoms with Crippen LogP contribution in [0.15, 0.2) is 27.8 Å². The van der Waals surface area contributed by atoms with E-state index in [1.54, 1.807) is 6.07 Å². The maximum Gasteiger partial charge on any atom is 0.296 e. The van der Waals surface area contributed by atoms with Gasteiger partial charge < -0.3 is 10.1 Å². The molecule has 0 amide bonds. The van der Waals surface area contributed by atoms with Crippen LogP contribution in [0.3, 0.4) is 0 Å². The van der Waals surface area contributed by atoms with Crippen molar-refractivity contribution in [1.29, 1.82) is 0 Å². The zero-order valence-corrected chi connectivity index (χ0v) is 10.7. The fourth-order valence-electron chi connectivity index (χ4n) is 1.38. The average molecular weight is 350 g/mol. The van der Waals surface area contributed by atoms with E-state index in [9.17, 15) is 14.7 Å². The molecule has 0 saturated carbocycles. The highest BCUT2D eigenvalue weighted by Crippen LogP contribution is 2.28. The van der Waals surface area contributed by atoms with Gasteiger partial charge in [0.15, 0.2) is 0 Å². The first-order valence-corrected chi connectivity index (χ1v) is 5.70. The van der Waals surface area contributed by atoms with E-state index < -0.39 is 11.0 Å². The zero-order valence-electron chi connectivity index (χ0n) is 7.75. The van der Waals surface area contributed by atoms with Crippen LogP contribution in [-0.2, 0) is 0 Å². The molecule has 0 unspecified atom stereocenters. The SMILES string of the molecule is O=c1cc(O)c2c(I)cc(Cl)cc2[nH]c1=O. The summed E-state index contributed by atoms with van der Waals surface area (Å²) >= 11 is 7.79. The second-order valence-corrected chi connectivity index (χ2v) is 4.76. The molecule has 0 radical (unpaired) electrons. The molecule has 1 aromatic heterocycles. The number of nitrogens with one attached hydrogen (secondary N) is 1. The van der Waals surface area contributed by atoms with Gasteiger partial charge in [-0.1, -0.05) is 11.6 Å². The van der Waals surface area contributed by atoms with Crippen molar-refractivity contribution in [2.75, 3.05) is 0 Å². The minimum atomic E-state index is -0.791. The summed E-state index contributed by atoms with van der Waals surface area (Å²) in [5.41, 5.74) is -1.24. The van der Waals surface area contributed by atoms with E-state index in [4.69, 9.17) is 11.6 Å². The molecule has 2 N–H and O–H groups in total. The van der Waals surface area contributed by atoms with Gasteiger partial charge in [-0.3, -0.25) is 9.59 Å². The van der Waals surface area contributed by atoms with Crippen molar-refractivity contribution in [2.45, 2.75) is 0 Å². The Labute approximate surface area is 108 Å². The van der Waals surface area contributed by atoms with Gasteiger partial charge in [0.25, 0.3) is 5.56 Å². The van der Waals surface area contributed by atoms with E-state index in [0.29, 0.717) is 19.5 Å². The molecule has 0 aliphatic carbocycles. The number of hydrogen-bond donors (Lipinski definition) is 2. The fourth-order valence-corrected chi connectivity index (χ4v) is 2.68. The molecule has 2 rings (SSSR count). The van der Waals surface area contributed by atoms with Gasteiger partial charge in [0.05, 0.1) is 10.9 Å². The lowest BCUT2D eigenvalue weighted by atomic mass is 10.2. The minimum absolute atomic E-state index is 0.237. The molecule has 0 bridgehead atoms. The van der Waals surface area contributed by atoms with Gasteiger partial charge in [0.2, 0.25) is 5.43 Å². The highest BCUT2D eigenvalue weighted by Gasteiger charge is 2.07. The summed E-state index contributed by atoms with van der Waals surface area (Å²) in [4.78, 5) is 24.9. The molecule has 1 heterocycles. The summed E-state index contributed by atoms with van der Waals surface area (Å²) in [6, 6.07) is 4.02. The summed E-state index contributed by atoms with van der Waals surface area (Å²) in [5.74, 6) is -0.237. The minimum Gasteiger partial charge on any atom is -0.507 e. The van der Waals surface area contributed by atoms with E-state index in [-0.39, 0.29) is 5.75 Å². The Kier molecular flexibility index (Phi) is 2.90. The van der Waals surface area contributed by atoms with Crippen LogP contribution in [0.1, 0.15) is 0 Å².